The number of carbonyl (C=O) groups is 1. The summed E-state index contributed by atoms with van der Waals surface area (Å²) in [7, 11) is 0. The second kappa shape index (κ2) is 4.94. The van der Waals surface area contributed by atoms with Gasteiger partial charge in [0.2, 0.25) is 0 Å². The predicted molar refractivity (Wildman–Crippen MR) is 63.1 cm³/mol. The molecule has 18 heavy (non-hydrogen) atoms. The molecule has 1 fully saturated rings. The third-order valence-electron chi connectivity index (χ3n) is 2.89. The smallest absolute Gasteiger partial charge is 0.262 e. The Morgan fingerprint density at radius 1 is 1.44 bits per heavy atom. The minimum atomic E-state index is -0.592. The Kier molecular flexibility index (Phi) is 3.35. The molecule has 1 atom stereocenters. The van der Waals surface area contributed by atoms with E-state index in [1.54, 1.807) is 0 Å². The highest BCUT2D eigenvalue weighted by Gasteiger charge is 2.30. The number of nitriles is 1. The van der Waals surface area contributed by atoms with E-state index in [1.807, 2.05) is 6.07 Å². The first-order valence-electron chi connectivity index (χ1n) is 5.57. The molecule has 1 amide bonds. The highest BCUT2D eigenvalue weighted by atomic mass is 16.3. The molecule has 0 aromatic heterocycles. The SMILES string of the molecule is N#CC1CNCCN1C(=O)c1c(O)cccc1O. The molecule has 0 spiro atoms. The van der Waals surface area contributed by atoms with Crippen molar-refractivity contribution in [2.75, 3.05) is 19.6 Å². The largest absolute Gasteiger partial charge is 0.507 e. The predicted octanol–water partition coefficient (Wildman–Crippen LogP) is 0.0354. The van der Waals surface area contributed by atoms with E-state index in [-0.39, 0.29) is 17.1 Å². The van der Waals surface area contributed by atoms with E-state index in [4.69, 9.17) is 5.26 Å². The van der Waals surface area contributed by atoms with Crippen molar-refractivity contribution in [2.45, 2.75) is 6.04 Å². The van der Waals surface area contributed by atoms with E-state index in [0.717, 1.165) is 0 Å². The van der Waals surface area contributed by atoms with Gasteiger partial charge in [0, 0.05) is 19.6 Å². The van der Waals surface area contributed by atoms with Gasteiger partial charge >= 0.3 is 0 Å². The van der Waals surface area contributed by atoms with Crippen LogP contribution in [-0.2, 0) is 0 Å². The van der Waals surface area contributed by atoms with Crippen LogP contribution in [0.3, 0.4) is 0 Å². The summed E-state index contributed by atoms with van der Waals surface area (Å²) in [6.45, 7) is 1.33. The van der Waals surface area contributed by atoms with Crippen molar-refractivity contribution in [2.24, 2.45) is 0 Å². The number of nitrogens with one attached hydrogen (secondary N) is 1. The van der Waals surface area contributed by atoms with Crippen molar-refractivity contribution in [3.8, 4) is 17.6 Å². The standard InChI is InChI=1S/C12H13N3O3/c13-6-8-7-14-4-5-15(8)12(18)11-9(16)2-1-3-10(11)17/h1-3,8,14,16-17H,4-5,7H2. The van der Waals surface area contributed by atoms with Gasteiger partial charge in [0.1, 0.15) is 23.1 Å². The van der Waals surface area contributed by atoms with Gasteiger partial charge in [-0.3, -0.25) is 4.79 Å². The van der Waals surface area contributed by atoms with E-state index < -0.39 is 11.9 Å². The van der Waals surface area contributed by atoms with Crippen LogP contribution in [0.15, 0.2) is 18.2 Å². The van der Waals surface area contributed by atoms with Crippen molar-refractivity contribution in [3.63, 3.8) is 0 Å². The van der Waals surface area contributed by atoms with Gasteiger partial charge in [-0.05, 0) is 12.1 Å². The molecular formula is C12H13N3O3. The Morgan fingerprint density at radius 2 is 2.11 bits per heavy atom. The van der Waals surface area contributed by atoms with Gasteiger partial charge in [-0.15, -0.1) is 0 Å². The van der Waals surface area contributed by atoms with Crippen molar-refractivity contribution >= 4 is 5.91 Å². The van der Waals surface area contributed by atoms with Crippen LogP contribution in [0.2, 0.25) is 0 Å². The molecular weight excluding hydrogens is 234 g/mol. The first-order chi connectivity index (χ1) is 8.65. The summed E-state index contributed by atoms with van der Waals surface area (Å²) in [5.74, 6) is -1.09. The average Bonchev–Trinajstić information content (AvgIpc) is 2.38. The maximum Gasteiger partial charge on any atom is 0.262 e. The summed E-state index contributed by atoms with van der Waals surface area (Å²) in [5.41, 5.74) is -0.153. The molecule has 1 aromatic rings. The number of phenolic OH excluding ortho intramolecular Hbond substituents is 2. The molecule has 6 heteroatoms. The zero-order chi connectivity index (χ0) is 13.1. The molecule has 0 saturated carbocycles. The number of piperazine rings is 1. The summed E-state index contributed by atoms with van der Waals surface area (Å²) < 4.78 is 0. The summed E-state index contributed by atoms with van der Waals surface area (Å²) >= 11 is 0. The van der Waals surface area contributed by atoms with Crippen LogP contribution < -0.4 is 5.32 Å². The maximum atomic E-state index is 12.2. The number of hydrogen-bond donors (Lipinski definition) is 3. The fourth-order valence-electron chi connectivity index (χ4n) is 1.95. The van der Waals surface area contributed by atoms with E-state index in [2.05, 4.69) is 5.32 Å². The average molecular weight is 247 g/mol. The number of benzene rings is 1. The Morgan fingerprint density at radius 3 is 2.72 bits per heavy atom. The summed E-state index contributed by atoms with van der Waals surface area (Å²) in [6.07, 6.45) is 0. The van der Waals surface area contributed by atoms with Crippen LogP contribution >= 0.6 is 0 Å². The van der Waals surface area contributed by atoms with Crippen LogP contribution in [0.1, 0.15) is 10.4 Å². The number of rotatable bonds is 1. The van der Waals surface area contributed by atoms with E-state index in [0.29, 0.717) is 19.6 Å². The fourth-order valence-corrected chi connectivity index (χ4v) is 1.95. The number of hydrogen-bond acceptors (Lipinski definition) is 5. The minimum Gasteiger partial charge on any atom is -0.507 e. The molecule has 1 saturated heterocycles. The van der Waals surface area contributed by atoms with Crippen molar-refractivity contribution in [1.82, 2.24) is 10.2 Å². The highest BCUT2D eigenvalue weighted by molar-refractivity contribution is 5.99. The molecule has 0 radical (unpaired) electrons. The Bertz CT molecular complexity index is 490. The summed E-state index contributed by atoms with van der Waals surface area (Å²) in [5, 5.41) is 31.3. The first kappa shape index (κ1) is 12.2. The molecule has 94 valence electrons. The van der Waals surface area contributed by atoms with E-state index >= 15 is 0 Å². The van der Waals surface area contributed by atoms with E-state index in [1.165, 1.54) is 23.1 Å². The molecule has 1 heterocycles. The fraction of sp³-hybridized carbons (Fsp3) is 0.333. The molecule has 6 nitrogen and oxygen atoms in total. The number of nitrogens with zero attached hydrogens (tertiary/aromatic N) is 2. The summed E-state index contributed by atoms with van der Waals surface area (Å²) in [4.78, 5) is 13.6. The van der Waals surface area contributed by atoms with Gasteiger partial charge in [0.25, 0.3) is 5.91 Å². The van der Waals surface area contributed by atoms with Gasteiger partial charge in [0.05, 0.1) is 6.07 Å². The van der Waals surface area contributed by atoms with Crippen LogP contribution in [0, 0.1) is 11.3 Å². The lowest BCUT2D eigenvalue weighted by Crippen LogP contribution is -2.53. The van der Waals surface area contributed by atoms with Gasteiger partial charge in [-0.25, -0.2) is 0 Å². The second-order valence-corrected chi connectivity index (χ2v) is 4.02. The first-order valence-corrected chi connectivity index (χ1v) is 5.57. The molecule has 0 aliphatic carbocycles. The lowest BCUT2D eigenvalue weighted by Gasteiger charge is -2.32. The molecule has 0 bridgehead atoms. The molecule has 1 aromatic carbocycles. The van der Waals surface area contributed by atoms with Gasteiger partial charge in [0.15, 0.2) is 0 Å². The number of aromatic hydroxyl groups is 2. The van der Waals surface area contributed by atoms with Gasteiger partial charge in [-0.2, -0.15) is 5.26 Å². The molecule has 1 aliphatic heterocycles. The van der Waals surface area contributed by atoms with Crippen LogP contribution in [0.25, 0.3) is 0 Å². The Balaban J connectivity index is 2.33. The molecule has 1 aliphatic rings. The highest BCUT2D eigenvalue weighted by Crippen LogP contribution is 2.28. The minimum absolute atomic E-state index is 0.153. The normalized spacial score (nSPS) is 19.3. The van der Waals surface area contributed by atoms with Crippen LogP contribution in [-0.4, -0.2) is 46.7 Å². The van der Waals surface area contributed by atoms with E-state index in [9.17, 15) is 15.0 Å². The zero-order valence-electron chi connectivity index (χ0n) is 9.63. The topological polar surface area (TPSA) is 96.6 Å². The summed E-state index contributed by atoms with van der Waals surface area (Å²) in [6, 6.07) is 5.54. The van der Waals surface area contributed by atoms with Gasteiger partial charge < -0.3 is 20.4 Å². The monoisotopic (exact) mass is 247 g/mol. The van der Waals surface area contributed by atoms with Crippen LogP contribution in [0.5, 0.6) is 11.5 Å². The second-order valence-electron chi connectivity index (χ2n) is 4.02. The Hall–Kier alpha value is -2.26. The third-order valence-corrected chi connectivity index (χ3v) is 2.89. The van der Waals surface area contributed by atoms with Crippen molar-refractivity contribution in [3.05, 3.63) is 23.8 Å². The van der Waals surface area contributed by atoms with Crippen molar-refractivity contribution in [1.29, 1.82) is 5.26 Å². The lowest BCUT2D eigenvalue weighted by atomic mass is 10.1. The third kappa shape index (κ3) is 2.08. The number of amides is 1. The quantitative estimate of drug-likeness (QED) is 0.651. The Labute approximate surface area is 104 Å². The maximum absolute atomic E-state index is 12.2. The lowest BCUT2D eigenvalue weighted by molar-refractivity contribution is 0.0681. The number of phenols is 2. The zero-order valence-corrected chi connectivity index (χ0v) is 9.63. The molecule has 1 unspecified atom stereocenters. The van der Waals surface area contributed by atoms with Crippen LogP contribution in [0.4, 0.5) is 0 Å². The molecule has 3 N–H and O–H groups in total. The van der Waals surface area contributed by atoms with Crippen molar-refractivity contribution < 1.29 is 15.0 Å². The molecule has 2 rings (SSSR count). The number of carbonyl (C=O) groups excluding carboxylic acids is 1. The van der Waals surface area contributed by atoms with Gasteiger partial charge in [-0.1, -0.05) is 6.07 Å².